The van der Waals surface area contributed by atoms with Crippen molar-refractivity contribution in [1.82, 2.24) is 5.32 Å². The summed E-state index contributed by atoms with van der Waals surface area (Å²) in [7, 11) is 0. The molecule has 0 radical (unpaired) electrons. The molecule has 7 nitrogen and oxygen atoms in total. The highest BCUT2D eigenvalue weighted by molar-refractivity contribution is 14.1. The van der Waals surface area contributed by atoms with E-state index in [1.54, 1.807) is 6.07 Å². The predicted molar refractivity (Wildman–Crippen MR) is 106 cm³/mol. The number of ether oxygens (including phenoxy) is 2. The molecule has 0 spiro atoms. The summed E-state index contributed by atoms with van der Waals surface area (Å²) in [5, 5.41) is 21.8. The first-order valence-corrected chi connectivity index (χ1v) is 9.21. The van der Waals surface area contributed by atoms with Gasteiger partial charge in [-0.15, -0.1) is 0 Å². The van der Waals surface area contributed by atoms with Gasteiger partial charge in [0.05, 0.1) is 46.0 Å². The summed E-state index contributed by atoms with van der Waals surface area (Å²) < 4.78 is 12.4. The highest BCUT2D eigenvalue weighted by Gasteiger charge is 2.32. The number of rotatable bonds is 6. The maximum atomic E-state index is 9.55. The van der Waals surface area contributed by atoms with Crippen molar-refractivity contribution in [3.63, 3.8) is 0 Å². The fraction of sp³-hybridized carbons (Fsp3) is 0.333. The van der Waals surface area contributed by atoms with Gasteiger partial charge in [0.1, 0.15) is 11.6 Å². The lowest BCUT2D eigenvalue weighted by atomic mass is 9.83. The lowest BCUT2D eigenvalue weighted by molar-refractivity contribution is 0.275. The van der Waals surface area contributed by atoms with Gasteiger partial charge >= 0.3 is 0 Å². The summed E-state index contributed by atoms with van der Waals surface area (Å²) in [5.74, 6) is 0.853. The lowest BCUT2D eigenvalue weighted by Gasteiger charge is -2.26. The highest BCUT2D eigenvalue weighted by atomic mass is 127. The van der Waals surface area contributed by atoms with E-state index in [0.717, 1.165) is 9.99 Å². The molecule has 1 aromatic rings. The average Bonchev–Trinajstić information content (AvgIpc) is 2.60. The van der Waals surface area contributed by atoms with Gasteiger partial charge in [-0.2, -0.15) is 10.5 Å². The van der Waals surface area contributed by atoms with Crippen molar-refractivity contribution in [2.24, 2.45) is 11.5 Å². The fourth-order valence-electron chi connectivity index (χ4n) is 2.68. The average molecular weight is 465 g/mol. The van der Waals surface area contributed by atoms with Crippen molar-refractivity contribution in [3.05, 3.63) is 44.1 Å². The van der Waals surface area contributed by atoms with Gasteiger partial charge in [-0.3, -0.25) is 0 Å². The van der Waals surface area contributed by atoms with E-state index >= 15 is 0 Å². The monoisotopic (exact) mass is 465 g/mol. The van der Waals surface area contributed by atoms with E-state index < -0.39 is 5.92 Å². The number of benzene rings is 1. The van der Waals surface area contributed by atoms with Crippen LogP contribution in [-0.4, -0.2) is 13.2 Å². The van der Waals surface area contributed by atoms with E-state index in [0.29, 0.717) is 30.3 Å². The largest absolute Gasteiger partial charge is 0.490 e. The topological polar surface area (TPSA) is 130 Å². The number of nitrogens with one attached hydrogen (secondary N) is 1. The second-order valence-electron chi connectivity index (χ2n) is 5.55. The van der Waals surface area contributed by atoms with Gasteiger partial charge in [0.2, 0.25) is 0 Å². The summed E-state index contributed by atoms with van der Waals surface area (Å²) in [5.41, 5.74) is 13.0. The van der Waals surface area contributed by atoms with Gasteiger partial charge in [-0.25, -0.2) is 0 Å². The minimum absolute atomic E-state index is 0.147. The summed E-state index contributed by atoms with van der Waals surface area (Å²) >= 11 is 2.15. The second-order valence-corrected chi connectivity index (χ2v) is 6.71. The number of halogens is 1. The zero-order valence-corrected chi connectivity index (χ0v) is 16.8. The normalized spacial score (nSPS) is 14.5. The minimum atomic E-state index is -0.654. The van der Waals surface area contributed by atoms with Crippen LogP contribution in [0.4, 0.5) is 0 Å². The van der Waals surface area contributed by atoms with Crippen molar-refractivity contribution < 1.29 is 9.47 Å². The van der Waals surface area contributed by atoms with Crippen molar-refractivity contribution in [2.75, 3.05) is 13.2 Å². The number of nitrogens with zero attached hydrogens (tertiary/aromatic N) is 2. The molecule has 0 fully saturated rings. The quantitative estimate of drug-likeness (QED) is 0.551. The van der Waals surface area contributed by atoms with E-state index in [1.165, 1.54) is 0 Å². The molecule has 1 aliphatic heterocycles. The van der Waals surface area contributed by atoms with Crippen molar-refractivity contribution in [3.8, 4) is 23.6 Å². The maximum Gasteiger partial charge on any atom is 0.174 e. The molecule has 0 saturated heterocycles. The van der Waals surface area contributed by atoms with Crippen LogP contribution in [0.3, 0.4) is 0 Å². The van der Waals surface area contributed by atoms with Gasteiger partial charge < -0.3 is 26.3 Å². The van der Waals surface area contributed by atoms with Crippen LogP contribution in [-0.2, 0) is 0 Å². The van der Waals surface area contributed by atoms with E-state index in [9.17, 15) is 10.5 Å². The molecule has 1 aromatic carbocycles. The van der Waals surface area contributed by atoms with Gasteiger partial charge in [-0.1, -0.05) is 6.92 Å². The van der Waals surface area contributed by atoms with E-state index in [1.807, 2.05) is 19.9 Å². The Kier molecular flexibility index (Phi) is 6.58. The molecular weight excluding hydrogens is 445 g/mol. The zero-order chi connectivity index (χ0) is 19.3. The van der Waals surface area contributed by atoms with Crippen LogP contribution >= 0.6 is 22.6 Å². The Morgan fingerprint density at radius 3 is 2.23 bits per heavy atom. The Morgan fingerprint density at radius 1 is 1.12 bits per heavy atom. The SMILES string of the molecule is CCCOc1c(I)cc(C2C(C#N)=C(N)NC(N)=C2C#N)cc1OCC. The van der Waals surface area contributed by atoms with Crippen LogP contribution in [0.1, 0.15) is 31.7 Å². The molecule has 26 heavy (non-hydrogen) atoms. The number of dihydropyridines is 1. The lowest BCUT2D eigenvalue weighted by Crippen LogP contribution is -2.34. The Labute approximate surface area is 166 Å². The molecular formula is C18H20IN5O2. The van der Waals surface area contributed by atoms with Crippen LogP contribution in [0.5, 0.6) is 11.5 Å². The third-order valence-electron chi connectivity index (χ3n) is 3.78. The zero-order valence-electron chi connectivity index (χ0n) is 14.6. The second kappa shape index (κ2) is 8.68. The molecule has 1 aliphatic rings. The van der Waals surface area contributed by atoms with Crippen molar-refractivity contribution >= 4 is 22.6 Å². The third-order valence-corrected chi connectivity index (χ3v) is 4.58. The van der Waals surface area contributed by atoms with Crippen molar-refractivity contribution in [2.45, 2.75) is 26.2 Å². The van der Waals surface area contributed by atoms with Gasteiger partial charge in [-0.05, 0) is 53.6 Å². The molecule has 2 rings (SSSR count). The number of allylic oxidation sites excluding steroid dienone is 2. The number of nitriles is 2. The number of hydrogen-bond donors (Lipinski definition) is 3. The smallest absolute Gasteiger partial charge is 0.174 e. The summed E-state index contributed by atoms with van der Waals surface area (Å²) in [6.45, 7) is 4.93. The third kappa shape index (κ3) is 3.81. The van der Waals surface area contributed by atoms with Gasteiger partial charge in [0.15, 0.2) is 11.5 Å². The van der Waals surface area contributed by atoms with Gasteiger partial charge in [0.25, 0.3) is 0 Å². The molecule has 0 unspecified atom stereocenters. The Morgan fingerprint density at radius 2 is 1.73 bits per heavy atom. The fourth-order valence-corrected chi connectivity index (χ4v) is 3.46. The summed E-state index contributed by atoms with van der Waals surface area (Å²) in [6, 6.07) is 7.81. The Bertz CT molecular complexity index is 812. The van der Waals surface area contributed by atoms with Crippen LogP contribution in [0, 0.1) is 26.2 Å². The predicted octanol–water partition coefficient (Wildman–Crippen LogP) is 2.55. The molecule has 0 saturated carbocycles. The maximum absolute atomic E-state index is 9.55. The molecule has 0 aliphatic carbocycles. The molecule has 136 valence electrons. The van der Waals surface area contributed by atoms with Crippen molar-refractivity contribution in [1.29, 1.82) is 10.5 Å². The van der Waals surface area contributed by atoms with Crippen LogP contribution in [0.15, 0.2) is 34.9 Å². The molecule has 0 atom stereocenters. The number of nitrogens with two attached hydrogens (primary N) is 2. The molecule has 8 heteroatoms. The first-order chi connectivity index (χ1) is 12.5. The molecule has 5 N–H and O–H groups in total. The molecule has 0 amide bonds. The highest BCUT2D eigenvalue weighted by Crippen LogP contribution is 2.41. The van der Waals surface area contributed by atoms with Crippen LogP contribution in [0.25, 0.3) is 0 Å². The van der Waals surface area contributed by atoms with E-state index in [2.05, 4.69) is 40.0 Å². The molecule has 0 aromatic heterocycles. The summed E-state index contributed by atoms with van der Waals surface area (Å²) in [4.78, 5) is 0. The molecule has 1 heterocycles. The van der Waals surface area contributed by atoms with E-state index in [-0.39, 0.29) is 22.8 Å². The van der Waals surface area contributed by atoms with Crippen LogP contribution < -0.4 is 26.3 Å². The Hall–Kier alpha value is -2.59. The van der Waals surface area contributed by atoms with Gasteiger partial charge in [0, 0.05) is 0 Å². The number of hydrogen-bond acceptors (Lipinski definition) is 7. The molecule has 0 bridgehead atoms. The standard InChI is InChI=1S/C18H20IN5O2/c1-3-5-26-16-13(19)6-10(7-14(16)25-4-2)15-11(8-20)17(22)24-18(23)12(15)9-21/h6-7,15,24H,3-5,22-23H2,1-2H3. The first-order valence-electron chi connectivity index (χ1n) is 8.13. The van der Waals surface area contributed by atoms with Crippen LogP contribution in [0.2, 0.25) is 0 Å². The summed E-state index contributed by atoms with van der Waals surface area (Å²) in [6.07, 6.45) is 0.868. The minimum Gasteiger partial charge on any atom is -0.490 e. The Balaban J connectivity index is 2.64. The first kappa shape index (κ1) is 19.7. The van der Waals surface area contributed by atoms with E-state index in [4.69, 9.17) is 20.9 Å².